The van der Waals surface area contributed by atoms with Crippen LogP contribution >= 0.6 is 23.2 Å². The van der Waals surface area contributed by atoms with Gasteiger partial charge in [-0.3, -0.25) is 4.79 Å². The Morgan fingerprint density at radius 2 is 1.72 bits per heavy atom. The molecule has 4 rings (SSSR count). The monoisotopic (exact) mass is 376 g/mol. The molecule has 132 valence electrons. The molecule has 0 bridgehead atoms. The summed E-state index contributed by atoms with van der Waals surface area (Å²) in [6.45, 7) is 0. The highest BCUT2D eigenvalue weighted by molar-refractivity contribution is 6.53. The highest BCUT2D eigenvalue weighted by atomic mass is 35.5. The van der Waals surface area contributed by atoms with Crippen molar-refractivity contribution in [2.75, 3.05) is 0 Å². The Labute approximate surface area is 158 Å². The Hall–Kier alpha value is -1.32. The zero-order chi connectivity index (χ0) is 17.5. The molecule has 1 aromatic carbocycles. The average molecular weight is 377 g/mol. The molecule has 1 amide bonds. The molecule has 0 saturated heterocycles. The summed E-state index contributed by atoms with van der Waals surface area (Å²) >= 11 is 12.8. The summed E-state index contributed by atoms with van der Waals surface area (Å²) in [5.74, 6) is 1.18. The first kappa shape index (κ1) is 17.1. The number of halogens is 2. The predicted octanol–water partition coefficient (Wildman–Crippen LogP) is 4.60. The zero-order valence-corrected chi connectivity index (χ0v) is 15.5. The number of nitrogens with zero attached hydrogens (tertiary/aromatic N) is 1. The number of carbonyl (C=O) groups excluding carboxylic acids is 1. The van der Waals surface area contributed by atoms with Gasteiger partial charge in [0.2, 0.25) is 5.91 Å². The number of alkyl halides is 2. The van der Waals surface area contributed by atoms with Crippen LogP contribution in [0, 0.1) is 17.8 Å². The van der Waals surface area contributed by atoms with Crippen LogP contribution in [0.5, 0.6) is 0 Å². The minimum Gasteiger partial charge on any atom is -0.273 e. The van der Waals surface area contributed by atoms with E-state index in [1.54, 1.807) is 6.21 Å². The Kier molecular flexibility index (Phi) is 4.41. The number of allylic oxidation sites excluding steroid dienone is 2. The van der Waals surface area contributed by atoms with E-state index in [9.17, 15) is 4.79 Å². The molecular formula is C20H22Cl2N2O. The SMILES string of the molecule is O=C(N/N=C\[C@@]1(c2ccccc2)CC1(Cl)Cl)C1[C@H]2CC/C=C\CC[C@@H]12. The molecule has 3 aliphatic carbocycles. The van der Waals surface area contributed by atoms with Gasteiger partial charge >= 0.3 is 0 Å². The molecule has 1 unspecified atom stereocenters. The van der Waals surface area contributed by atoms with E-state index in [0.717, 1.165) is 31.2 Å². The largest absolute Gasteiger partial charge is 0.273 e. The maximum absolute atomic E-state index is 12.5. The molecule has 5 heteroatoms. The molecule has 2 fully saturated rings. The van der Waals surface area contributed by atoms with E-state index < -0.39 is 9.75 Å². The van der Waals surface area contributed by atoms with E-state index in [2.05, 4.69) is 22.7 Å². The maximum atomic E-state index is 12.5. The molecule has 0 radical (unpaired) electrons. The summed E-state index contributed by atoms with van der Waals surface area (Å²) in [4.78, 5) is 12.5. The lowest BCUT2D eigenvalue weighted by Crippen LogP contribution is -2.24. The molecule has 0 heterocycles. The molecule has 4 atom stereocenters. The average Bonchev–Trinajstić information content (AvgIpc) is 3.41. The summed E-state index contributed by atoms with van der Waals surface area (Å²) in [6.07, 6.45) is 11.1. The molecule has 1 aromatic rings. The second-order valence-electron chi connectivity index (χ2n) is 7.43. The number of fused-ring (bicyclic) bond motifs is 1. The van der Waals surface area contributed by atoms with Gasteiger partial charge in [0.1, 0.15) is 4.33 Å². The number of carbonyl (C=O) groups is 1. The van der Waals surface area contributed by atoms with E-state index in [4.69, 9.17) is 23.2 Å². The topological polar surface area (TPSA) is 41.5 Å². The third kappa shape index (κ3) is 3.13. The quantitative estimate of drug-likeness (QED) is 0.354. The number of rotatable bonds is 4. The third-order valence-electron chi connectivity index (χ3n) is 5.91. The van der Waals surface area contributed by atoms with Gasteiger partial charge < -0.3 is 0 Å². The van der Waals surface area contributed by atoms with Crippen LogP contribution in [0.25, 0.3) is 0 Å². The van der Waals surface area contributed by atoms with Gasteiger partial charge in [0.05, 0.1) is 5.41 Å². The fraction of sp³-hybridized carbons (Fsp3) is 0.500. The molecule has 3 nitrogen and oxygen atoms in total. The van der Waals surface area contributed by atoms with Gasteiger partial charge in [0, 0.05) is 12.1 Å². The summed E-state index contributed by atoms with van der Waals surface area (Å²) in [6, 6.07) is 9.87. The van der Waals surface area contributed by atoms with Gasteiger partial charge in [0.25, 0.3) is 0 Å². The summed E-state index contributed by atoms with van der Waals surface area (Å²) in [7, 11) is 0. The first-order chi connectivity index (χ1) is 12.1. The van der Waals surface area contributed by atoms with Gasteiger partial charge in [-0.2, -0.15) is 5.10 Å². The lowest BCUT2D eigenvalue weighted by molar-refractivity contribution is -0.122. The number of hydrazone groups is 1. The third-order valence-corrected chi connectivity index (χ3v) is 6.85. The number of nitrogens with one attached hydrogen (secondary N) is 1. The van der Waals surface area contributed by atoms with Crippen molar-refractivity contribution < 1.29 is 4.79 Å². The summed E-state index contributed by atoms with van der Waals surface area (Å²) in [5, 5.41) is 4.23. The minimum atomic E-state index is -0.863. The van der Waals surface area contributed by atoms with Crippen molar-refractivity contribution >= 4 is 35.3 Å². The highest BCUT2D eigenvalue weighted by Gasteiger charge is 2.66. The number of hydrogen-bond donors (Lipinski definition) is 1. The minimum absolute atomic E-state index is 0.0340. The van der Waals surface area contributed by atoms with Crippen molar-refractivity contribution in [1.82, 2.24) is 5.43 Å². The standard InChI is InChI=1S/C20H22Cl2N2O/c21-20(22)12-19(20,14-8-4-3-5-9-14)13-23-24-18(25)17-15-10-6-1-2-7-11-16(15)17/h1-5,8-9,13,15-17H,6-7,10-12H2,(H,24,25)/b2-1-,23-13-/t15-,16+,17?,19-/m1/s1. The van der Waals surface area contributed by atoms with Crippen molar-refractivity contribution in [3.8, 4) is 0 Å². The van der Waals surface area contributed by atoms with E-state index in [-0.39, 0.29) is 11.8 Å². The van der Waals surface area contributed by atoms with Crippen LogP contribution in [0.3, 0.4) is 0 Å². The van der Waals surface area contributed by atoms with Gasteiger partial charge in [-0.25, -0.2) is 5.43 Å². The number of amides is 1. The van der Waals surface area contributed by atoms with Crippen molar-refractivity contribution in [3.63, 3.8) is 0 Å². The van der Waals surface area contributed by atoms with Gasteiger partial charge in [-0.15, -0.1) is 23.2 Å². The highest BCUT2D eigenvalue weighted by Crippen LogP contribution is 2.63. The maximum Gasteiger partial charge on any atom is 0.243 e. The fourth-order valence-electron chi connectivity index (χ4n) is 4.28. The molecule has 0 aliphatic heterocycles. The molecule has 1 N–H and O–H groups in total. The van der Waals surface area contributed by atoms with Gasteiger partial charge in [-0.1, -0.05) is 42.5 Å². The smallest absolute Gasteiger partial charge is 0.243 e. The molecule has 0 spiro atoms. The van der Waals surface area contributed by atoms with Crippen molar-refractivity contribution in [2.24, 2.45) is 22.9 Å². The Morgan fingerprint density at radius 1 is 1.12 bits per heavy atom. The number of benzene rings is 1. The fourth-order valence-corrected chi connectivity index (χ4v) is 5.02. The van der Waals surface area contributed by atoms with Crippen molar-refractivity contribution in [2.45, 2.75) is 41.9 Å². The van der Waals surface area contributed by atoms with Crippen LogP contribution in [-0.2, 0) is 10.2 Å². The van der Waals surface area contributed by atoms with E-state index in [0.29, 0.717) is 18.3 Å². The molecule has 0 aromatic heterocycles. The second-order valence-corrected chi connectivity index (χ2v) is 8.92. The Morgan fingerprint density at radius 3 is 2.28 bits per heavy atom. The first-order valence-electron chi connectivity index (χ1n) is 8.98. The molecule has 3 aliphatic rings. The van der Waals surface area contributed by atoms with Crippen LogP contribution < -0.4 is 5.43 Å². The van der Waals surface area contributed by atoms with Crippen LogP contribution in [-0.4, -0.2) is 16.5 Å². The number of hydrogen-bond acceptors (Lipinski definition) is 2. The van der Waals surface area contributed by atoms with Crippen LogP contribution in [0.4, 0.5) is 0 Å². The van der Waals surface area contributed by atoms with Crippen molar-refractivity contribution in [3.05, 3.63) is 48.0 Å². The molecule has 2 saturated carbocycles. The summed E-state index contributed by atoms with van der Waals surface area (Å²) in [5.41, 5.74) is 3.25. The van der Waals surface area contributed by atoms with Crippen LogP contribution in [0.2, 0.25) is 0 Å². The molecular weight excluding hydrogens is 355 g/mol. The van der Waals surface area contributed by atoms with Gasteiger partial charge in [0.15, 0.2) is 0 Å². The van der Waals surface area contributed by atoms with Gasteiger partial charge in [-0.05, 0) is 49.5 Å². The van der Waals surface area contributed by atoms with E-state index in [1.165, 1.54) is 0 Å². The van der Waals surface area contributed by atoms with Crippen LogP contribution in [0.15, 0.2) is 47.6 Å². The van der Waals surface area contributed by atoms with Crippen molar-refractivity contribution in [1.29, 1.82) is 0 Å². The van der Waals surface area contributed by atoms with E-state index in [1.807, 2.05) is 30.3 Å². The predicted molar refractivity (Wildman–Crippen MR) is 102 cm³/mol. The van der Waals surface area contributed by atoms with Crippen LogP contribution in [0.1, 0.15) is 37.7 Å². The van der Waals surface area contributed by atoms with E-state index >= 15 is 0 Å². The Balaban J connectivity index is 1.40. The first-order valence-corrected chi connectivity index (χ1v) is 9.73. The lowest BCUT2D eigenvalue weighted by atomic mass is 9.97. The molecule has 25 heavy (non-hydrogen) atoms. The lowest BCUT2D eigenvalue weighted by Gasteiger charge is -2.13. The normalized spacial score (nSPS) is 36.8. The second kappa shape index (κ2) is 6.44. The zero-order valence-electron chi connectivity index (χ0n) is 14.0. The Bertz CT molecular complexity index is 700. The summed E-state index contributed by atoms with van der Waals surface area (Å²) < 4.78 is -0.863.